The highest BCUT2D eigenvalue weighted by atomic mass is 28.2. The second-order valence-corrected chi connectivity index (χ2v) is 5.13. The summed E-state index contributed by atoms with van der Waals surface area (Å²) in [6, 6.07) is 1.03. The Morgan fingerprint density at radius 1 is 1.42 bits per heavy atom. The lowest BCUT2D eigenvalue weighted by Crippen LogP contribution is -2.21. The first-order valence-electron chi connectivity index (χ1n) is 4.47. The highest BCUT2D eigenvalue weighted by Crippen LogP contribution is 2.06. The van der Waals surface area contributed by atoms with Gasteiger partial charge in [-0.15, -0.1) is 0 Å². The topological polar surface area (TPSA) is 49.7 Å². The third-order valence-electron chi connectivity index (χ3n) is 1.55. The number of rotatable bonds is 7. The number of aliphatic hydroxyl groups is 2. The van der Waals surface area contributed by atoms with E-state index in [1.165, 1.54) is 0 Å². The number of aliphatic hydroxyl groups excluding tert-OH is 1. The van der Waals surface area contributed by atoms with E-state index in [1.807, 2.05) is 0 Å². The van der Waals surface area contributed by atoms with Gasteiger partial charge in [-0.3, -0.25) is 0 Å². The molecule has 0 amide bonds. The van der Waals surface area contributed by atoms with Crippen LogP contribution in [0.3, 0.4) is 0 Å². The smallest absolute Gasteiger partial charge is 0.161 e. The van der Waals surface area contributed by atoms with E-state index in [4.69, 9.17) is 9.53 Å². The summed E-state index contributed by atoms with van der Waals surface area (Å²) in [6.45, 7) is 4.49. The summed E-state index contributed by atoms with van der Waals surface area (Å²) in [5, 5.41) is 17.8. The normalized spacial score (nSPS) is 13.0. The lowest BCUT2D eigenvalue weighted by molar-refractivity contribution is 0.0558. The van der Waals surface area contributed by atoms with Gasteiger partial charge in [0, 0.05) is 13.2 Å². The monoisotopic (exact) mass is 192 g/mol. The SMILES string of the molecule is CC(C)(O)CCO[SiH2]CCCO. The van der Waals surface area contributed by atoms with Crippen LogP contribution in [0.1, 0.15) is 26.7 Å². The molecule has 0 saturated heterocycles. The maximum atomic E-state index is 9.32. The summed E-state index contributed by atoms with van der Waals surface area (Å²) in [6.07, 6.45) is 1.55. The van der Waals surface area contributed by atoms with Gasteiger partial charge in [0.15, 0.2) is 9.76 Å². The van der Waals surface area contributed by atoms with Crippen LogP contribution in [0.4, 0.5) is 0 Å². The van der Waals surface area contributed by atoms with E-state index in [9.17, 15) is 5.11 Å². The van der Waals surface area contributed by atoms with Crippen molar-refractivity contribution in [2.75, 3.05) is 13.2 Å². The molecule has 3 nitrogen and oxygen atoms in total. The van der Waals surface area contributed by atoms with Crippen LogP contribution in [0, 0.1) is 0 Å². The average Bonchev–Trinajstić information content (AvgIpc) is 1.94. The van der Waals surface area contributed by atoms with Crippen LogP contribution in [-0.4, -0.2) is 38.8 Å². The maximum absolute atomic E-state index is 9.32. The molecule has 0 heterocycles. The maximum Gasteiger partial charge on any atom is 0.161 e. The molecule has 0 aromatic heterocycles. The van der Waals surface area contributed by atoms with Crippen molar-refractivity contribution < 1.29 is 14.6 Å². The molecule has 2 N–H and O–H groups in total. The van der Waals surface area contributed by atoms with Gasteiger partial charge in [-0.2, -0.15) is 0 Å². The predicted octanol–water partition coefficient (Wildman–Crippen LogP) is 0.0485. The van der Waals surface area contributed by atoms with E-state index in [1.54, 1.807) is 13.8 Å². The number of hydrogen-bond acceptors (Lipinski definition) is 3. The molecule has 0 bridgehead atoms. The molecule has 0 atom stereocenters. The van der Waals surface area contributed by atoms with Crippen molar-refractivity contribution in [2.45, 2.75) is 38.3 Å². The Hall–Kier alpha value is 0.0969. The van der Waals surface area contributed by atoms with E-state index in [0.29, 0.717) is 13.0 Å². The molecule has 4 heteroatoms. The fourth-order valence-electron chi connectivity index (χ4n) is 0.740. The van der Waals surface area contributed by atoms with E-state index in [0.717, 1.165) is 12.5 Å². The second kappa shape index (κ2) is 6.60. The molecule has 0 fully saturated rings. The van der Waals surface area contributed by atoms with Gasteiger partial charge in [0.1, 0.15) is 0 Å². The van der Waals surface area contributed by atoms with E-state index in [2.05, 4.69) is 0 Å². The molecule has 0 aromatic carbocycles. The van der Waals surface area contributed by atoms with Crippen molar-refractivity contribution in [3.63, 3.8) is 0 Å². The van der Waals surface area contributed by atoms with E-state index >= 15 is 0 Å². The Kier molecular flexibility index (Phi) is 6.65. The summed E-state index contributed by atoms with van der Waals surface area (Å²) in [5.74, 6) is 0. The fourth-order valence-corrected chi connectivity index (χ4v) is 1.72. The van der Waals surface area contributed by atoms with E-state index in [-0.39, 0.29) is 6.61 Å². The Morgan fingerprint density at radius 3 is 2.58 bits per heavy atom. The Bertz CT molecular complexity index is 101. The summed E-state index contributed by atoms with van der Waals surface area (Å²) in [7, 11) is -0.440. The first-order valence-corrected chi connectivity index (χ1v) is 6.05. The van der Waals surface area contributed by atoms with Crippen molar-refractivity contribution in [3.8, 4) is 0 Å². The molecule has 0 rings (SSSR count). The standard InChI is InChI=1S/C8H20O3Si/c1-8(2,10)4-6-11-12-7-3-5-9/h9-10H,3-7,12H2,1-2H3. The van der Waals surface area contributed by atoms with Crippen LogP contribution in [0.15, 0.2) is 0 Å². The summed E-state index contributed by atoms with van der Waals surface area (Å²) < 4.78 is 5.38. The molecule has 12 heavy (non-hydrogen) atoms. The molecule has 0 aliphatic rings. The van der Waals surface area contributed by atoms with Gasteiger partial charge in [0.25, 0.3) is 0 Å². The fraction of sp³-hybridized carbons (Fsp3) is 1.00. The minimum atomic E-state index is -0.606. The second-order valence-electron chi connectivity index (χ2n) is 3.61. The van der Waals surface area contributed by atoms with Crippen LogP contribution < -0.4 is 0 Å². The zero-order chi connectivity index (χ0) is 9.45. The van der Waals surface area contributed by atoms with Crippen molar-refractivity contribution >= 4 is 9.76 Å². The van der Waals surface area contributed by atoms with Crippen LogP contribution in [0.5, 0.6) is 0 Å². The minimum absolute atomic E-state index is 0.266. The molecule has 0 unspecified atom stereocenters. The van der Waals surface area contributed by atoms with Crippen molar-refractivity contribution in [2.24, 2.45) is 0 Å². The van der Waals surface area contributed by atoms with Crippen LogP contribution in [-0.2, 0) is 4.43 Å². The quantitative estimate of drug-likeness (QED) is 0.442. The zero-order valence-electron chi connectivity index (χ0n) is 8.05. The summed E-state index contributed by atoms with van der Waals surface area (Å²) in [5.41, 5.74) is -0.606. The lowest BCUT2D eigenvalue weighted by atomic mass is 10.1. The van der Waals surface area contributed by atoms with Crippen LogP contribution in [0.2, 0.25) is 6.04 Å². The van der Waals surface area contributed by atoms with Crippen LogP contribution in [0.25, 0.3) is 0 Å². The lowest BCUT2D eigenvalue weighted by Gasteiger charge is -2.16. The van der Waals surface area contributed by atoms with Crippen molar-refractivity contribution in [3.05, 3.63) is 0 Å². The van der Waals surface area contributed by atoms with Gasteiger partial charge in [-0.1, -0.05) is 0 Å². The van der Waals surface area contributed by atoms with Gasteiger partial charge in [0.2, 0.25) is 0 Å². The largest absolute Gasteiger partial charge is 0.424 e. The first-order chi connectivity index (χ1) is 5.56. The molecule has 0 saturated carbocycles. The van der Waals surface area contributed by atoms with Gasteiger partial charge >= 0.3 is 0 Å². The van der Waals surface area contributed by atoms with Crippen LogP contribution >= 0.6 is 0 Å². The molecule has 74 valence electrons. The van der Waals surface area contributed by atoms with Gasteiger partial charge < -0.3 is 14.6 Å². The molecule has 0 radical (unpaired) electrons. The Labute approximate surface area is 76.7 Å². The molecule has 0 aliphatic heterocycles. The predicted molar refractivity (Wildman–Crippen MR) is 51.9 cm³/mol. The van der Waals surface area contributed by atoms with Crippen molar-refractivity contribution in [1.29, 1.82) is 0 Å². The third kappa shape index (κ3) is 10.1. The van der Waals surface area contributed by atoms with Crippen molar-refractivity contribution in [1.82, 2.24) is 0 Å². The summed E-state index contributed by atoms with van der Waals surface area (Å²) in [4.78, 5) is 0. The van der Waals surface area contributed by atoms with E-state index < -0.39 is 15.4 Å². The third-order valence-corrected chi connectivity index (χ3v) is 2.92. The van der Waals surface area contributed by atoms with Gasteiger partial charge in [0.05, 0.1) is 5.60 Å². The highest BCUT2D eigenvalue weighted by Gasteiger charge is 2.10. The molecular weight excluding hydrogens is 172 g/mol. The summed E-state index contributed by atoms with van der Waals surface area (Å²) >= 11 is 0. The minimum Gasteiger partial charge on any atom is -0.424 e. The number of hydrogen-bond donors (Lipinski definition) is 2. The average molecular weight is 192 g/mol. The molecule has 0 aliphatic carbocycles. The van der Waals surface area contributed by atoms with Gasteiger partial charge in [-0.25, -0.2) is 0 Å². The Morgan fingerprint density at radius 2 is 2.08 bits per heavy atom. The van der Waals surface area contributed by atoms with Gasteiger partial charge in [-0.05, 0) is 32.7 Å². The molecule has 0 spiro atoms. The highest BCUT2D eigenvalue weighted by molar-refractivity contribution is 6.26. The first kappa shape index (κ1) is 12.1. The zero-order valence-corrected chi connectivity index (χ0v) is 9.46. The molecule has 0 aromatic rings. The molecular formula is C8H20O3Si. The Balaban J connectivity index is 3.01.